The summed E-state index contributed by atoms with van der Waals surface area (Å²) in [6, 6.07) is 3.47. The topological polar surface area (TPSA) is 58.6 Å². The van der Waals surface area contributed by atoms with E-state index in [1.807, 2.05) is 35.6 Å². The van der Waals surface area contributed by atoms with E-state index in [1.165, 1.54) is 0 Å². The molecule has 1 heterocycles. The Morgan fingerprint density at radius 1 is 1.47 bits per heavy atom. The molecule has 1 fully saturated rings. The van der Waals surface area contributed by atoms with Crippen LogP contribution in [0.15, 0.2) is 12.1 Å². The largest absolute Gasteiger partial charge is 0.506 e. The van der Waals surface area contributed by atoms with Gasteiger partial charge in [-0.1, -0.05) is 0 Å². The number of rotatable bonds is 2. The molecule has 1 saturated heterocycles. The number of nitrogens with one attached hydrogen (secondary N) is 1. The monoisotopic (exact) mass is 487 g/mol. The average molecular weight is 487 g/mol. The molecule has 0 bridgehead atoms. The summed E-state index contributed by atoms with van der Waals surface area (Å²) in [6.45, 7) is 3.53. The van der Waals surface area contributed by atoms with Crippen molar-refractivity contribution in [1.82, 2.24) is 5.32 Å². The molecule has 104 valence electrons. The number of carbonyl (C=O) groups excluding carboxylic acids is 1. The molecule has 2 N–H and O–H groups in total. The maximum absolute atomic E-state index is 12.2. The van der Waals surface area contributed by atoms with Crippen LogP contribution in [0.5, 0.6) is 5.75 Å². The van der Waals surface area contributed by atoms with E-state index in [1.54, 1.807) is 6.07 Å². The lowest BCUT2D eigenvalue weighted by Gasteiger charge is -2.33. The number of phenols is 1. The van der Waals surface area contributed by atoms with Crippen molar-refractivity contribution in [2.24, 2.45) is 0 Å². The number of halogens is 2. The van der Waals surface area contributed by atoms with Crippen molar-refractivity contribution < 1.29 is 14.6 Å². The van der Waals surface area contributed by atoms with Gasteiger partial charge in [-0.3, -0.25) is 0 Å². The van der Waals surface area contributed by atoms with Crippen LogP contribution in [0.4, 0.5) is 0 Å². The first-order valence-electron chi connectivity index (χ1n) is 6.03. The number of carbonyl (C=O) groups is 1. The summed E-state index contributed by atoms with van der Waals surface area (Å²) < 4.78 is 7.15. The van der Waals surface area contributed by atoms with E-state index in [9.17, 15) is 9.90 Å². The van der Waals surface area contributed by atoms with Crippen LogP contribution in [0.1, 0.15) is 30.1 Å². The average Bonchev–Trinajstić information content (AvgIpc) is 2.34. The molecular weight excluding hydrogens is 472 g/mol. The zero-order valence-electron chi connectivity index (χ0n) is 10.5. The zero-order chi connectivity index (χ0) is 14.0. The fraction of sp³-hybridized carbons (Fsp3) is 0.462. The minimum atomic E-state index is -0.492. The Morgan fingerprint density at radius 3 is 2.84 bits per heavy atom. The second-order valence-corrected chi connectivity index (χ2v) is 7.31. The Labute approximate surface area is 139 Å². The second-order valence-electron chi connectivity index (χ2n) is 4.90. The molecule has 2 rings (SSSR count). The second kappa shape index (κ2) is 6.13. The van der Waals surface area contributed by atoms with Crippen LogP contribution in [0.3, 0.4) is 0 Å². The van der Waals surface area contributed by atoms with Crippen LogP contribution in [0.2, 0.25) is 0 Å². The van der Waals surface area contributed by atoms with Crippen molar-refractivity contribution in [3.05, 3.63) is 24.8 Å². The molecule has 0 spiro atoms. The van der Waals surface area contributed by atoms with Crippen LogP contribution in [-0.2, 0) is 4.74 Å². The highest BCUT2D eigenvalue weighted by Gasteiger charge is 2.32. The molecule has 1 aliphatic heterocycles. The van der Waals surface area contributed by atoms with Crippen LogP contribution >= 0.6 is 45.2 Å². The van der Waals surface area contributed by atoms with Crippen molar-refractivity contribution in [3.63, 3.8) is 0 Å². The Kier molecular flexibility index (Phi) is 4.93. The van der Waals surface area contributed by atoms with Crippen LogP contribution in [0, 0.1) is 7.14 Å². The summed E-state index contributed by atoms with van der Waals surface area (Å²) in [7, 11) is 0. The third kappa shape index (κ3) is 3.72. The van der Waals surface area contributed by atoms with Crippen LogP contribution < -0.4 is 5.32 Å². The van der Waals surface area contributed by atoms with Crippen molar-refractivity contribution in [3.8, 4) is 5.75 Å². The number of aromatic hydroxyl groups is 1. The van der Waals surface area contributed by atoms with Crippen LogP contribution in [-0.4, -0.2) is 29.8 Å². The van der Waals surface area contributed by atoms with Gasteiger partial charge in [0.05, 0.1) is 3.57 Å². The van der Waals surface area contributed by atoms with Gasteiger partial charge in [-0.05, 0) is 83.6 Å². The van der Waals surface area contributed by atoms with E-state index in [0.717, 1.165) is 23.0 Å². The summed E-state index contributed by atoms with van der Waals surface area (Å²) in [6.07, 6.45) is 1.83. The van der Waals surface area contributed by atoms with E-state index < -0.39 is 11.6 Å². The summed E-state index contributed by atoms with van der Waals surface area (Å²) in [4.78, 5) is 12.2. The van der Waals surface area contributed by atoms with Crippen molar-refractivity contribution in [1.29, 1.82) is 0 Å². The van der Waals surface area contributed by atoms with Gasteiger partial charge in [-0.25, -0.2) is 4.79 Å². The first-order valence-corrected chi connectivity index (χ1v) is 8.19. The molecule has 6 heteroatoms. The highest BCUT2D eigenvalue weighted by molar-refractivity contribution is 14.1. The Bertz CT molecular complexity index is 499. The van der Waals surface area contributed by atoms with Gasteiger partial charge in [0.25, 0.3) is 0 Å². The third-order valence-electron chi connectivity index (χ3n) is 3.15. The summed E-state index contributed by atoms with van der Waals surface area (Å²) >= 11 is 4.13. The van der Waals surface area contributed by atoms with Gasteiger partial charge in [0, 0.05) is 10.1 Å². The number of benzene rings is 1. The molecule has 1 aliphatic rings. The number of ether oxygens (including phenoxy) is 1. The van der Waals surface area contributed by atoms with Gasteiger partial charge in [-0.2, -0.15) is 0 Å². The van der Waals surface area contributed by atoms with E-state index in [-0.39, 0.29) is 11.3 Å². The number of hydrogen-bond acceptors (Lipinski definition) is 4. The quantitative estimate of drug-likeness (QED) is 0.498. The predicted octanol–water partition coefficient (Wildman–Crippen LogP) is 2.90. The molecule has 0 radical (unpaired) electrons. The van der Waals surface area contributed by atoms with E-state index in [4.69, 9.17) is 4.74 Å². The zero-order valence-corrected chi connectivity index (χ0v) is 14.8. The Hall–Kier alpha value is -0.0900. The molecule has 0 aliphatic carbocycles. The van der Waals surface area contributed by atoms with Gasteiger partial charge in [0.1, 0.15) is 16.9 Å². The molecular formula is C13H15I2NO3. The smallest absolute Gasteiger partial charge is 0.342 e. The molecule has 0 amide bonds. The molecule has 1 aromatic rings. The number of hydrogen-bond donors (Lipinski definition) is 2. The fourth-order valence-corrected chi connectivity index (χ4v) is 3.96. The van der Waals surface area contributed by atoms with Gasteiger partial charge in [0.2, 0.25) is 0 Å². The molecule has 19 heavy (non-hydrogen) atoms. The molecule has 1 aromatic carbocycles. The summed E-state index contributed by atoms with van der Waals surface area (Å²) in [5.74, 6) is -0.460. The van der Waals surface area contributed by atoms with E-state index in [2.05, 4.69) is 27.9 Å². The molecule has 4 nitrogen and oxygen atoms in total. The first-order chi connectivity index (χ1) is 8.91. The summed E-state index contributed by atoms with van der Waals surface area (Å²) in [5.41, 5.74) is -0.253. The van der Waals surface area contributed by atoms with Gasteiger partial charge in [-0.15, -0.1) is 0 Å². The number of esters is 1. The fourth-order valence-electron chi connectivity index (χ4n) is 2.12. The lowest BCUT2D eigenvalue weighted by molar-refractivity contribution is -0.0202. The Morgan fingerprint density at radius 2 is 2.21 bits per heavy atom. The van der Waals surface area contributed by atoms with E-state index in [0.29, 0.717) is 10.1 Å². The maximum atomic E-state index is 12.2. The minimum absolute atomic E-state index is 0.00150. The van der Waals surface area contributed by atoms with E-state index >= 15 is 0 Å². The molecule has 1 unspecified atom stereocenters. The van der Waals surface area contributed by atoms with Crippen molar-refractivity contribution >= 4 is 51.2 Å². The lowest BCUT2D eigenvalue weighted by Crippen LogP contribution is -2.46. The van der Waals surface area contributed by atoms with Crippen molar-refractivity contribution in [2.75, 3.05) is 13.1 Å². The Balaban J connectivity index is 2.20. The van der Waals surface area contributed by atoms with Gasteiger partial charge >= 0.3 is 5.97 Å². The minimum Gasteiger partial charge on any atom is -0.506 e. The summed E-state index contributed by atoms with van der Waals surface area (Å²) in [5, 5.41) is 13.2. The standard InChI is InChI=1S/C13H15I2NO3/c1-13(3-2-4-16-7-13)19-12(18)9-5-8(14)6-10(15)11(9)17/h5-6,16-17H,2-4,7H2,1H3. The normalized spacial score (nSPS) is 23.1. The SMILES string of the molecule is CC1(OC(=O)c2cc(I)cc(I)c2O)CCCNC1. The molecule has 0 saturated carbocycles. The highest BCUT2D eigenvalue weighted by Crippen LogP contribution is 2.29. The third-order valence-corrected chi connectivity index (χ3v) is 4.59. The van der Waals surface area contributed by atoms with Crippen LogP contribution in [0.25, 0.3) is 0 Å². The predicted molar refractivity (Wildman–Crippen MR) is 89.5 cm³/mol. The maximum Gasteiger partial charge on any atom is 0.342 e. The molecule has 1 atom stereocenters. The number of phenolic OH excluding ortho intramolecular Hbond substituents is 1. The van der Waals surface area contributed by atoms with Gasteiger partial charge < -0.3 is 15.2 Å². The van der Waals surface area contributed by atoms with Gasteiger partial charge in [0.15, 0.2) is 0 Å². The first kappa shape index (κ1) is 15.3. The lowest BCUT2D eigenvalue weighted by atomic mass is 9.96. The number of piperidine rings is 1. The molecule has 0 aromatic heterocycles. The highest BCUT2D eigenvalue weighted by atomic mass is 127. The van der Waals surface area contributed by atoms with Crippen molar-refractivity contribution in [2.45, 2.75) is 25.4 Å².